The molecule has 1 fully saturated rings. The number of carbonyl (C=O) groups excluding carboxylic acids is 1. The number of anilines is 2. The molecule has 1 amide bonds. The van der Waals surface area contributed by atoms with Crippen molar-refractivity contribution >= 4 is 44.2 Å². The second-order valence-corrected chi connectivity index (χ2v) is 18.7. The minimum Gasteiger partial charge on any atom is -0.395 e. The number of aliphatic hydroxyl groups is 2. The summed E-state index contributed by atoms with van der Waals surface area (Å²) in [6.07, 6.45) is 1.07. The highest BCUT2D eigenvalue weighted by Gasteiger charge is 2.41. The standard InChI is InChI=1S/C39H54N8O5S/c1-10-39(50,27-11-13-28(14-12-27)45-16-19-53(51,52)20-17-45)36(49)40-26(4)34-42-43-35-32(33(37(5,6)7)44-47(34)35)41-30-22-29-25(3)23-38(8,9)46(15-18-48)31(29)21-24(30)2/h11-14,21-22,25-26,48,50H,10,15-20,23H2,1-9H3,(H,40,49). The van der Waals surface area contributed by atoms with Gasteiger partial charge in [0.05, 0.1) is 35.6 Å². The Bertz CT molecular complexity index is 2050. The quantitative estimate of drug-likeness (QED) is 0.280. The summed E-state index contributed by atoms with van der Waals surface area (Å²) < 4.78 is 25.4. The Hall–Kier alpha value is -4.14. The van der Waals surface area contributed by atoms with E-state index in [9.17, 15) is 23.4 Å². The number of aliphatic imine (C=N–C) groups is 1. The van der Waals surface area contributed by atoms with Gasteiger partial charge in [0.1, 0.15) is 5.71 Å². The number of sulfone groups is 1. The molecular formula is C39H54N8O5S. The van der Waals surface area contributed by atoms with Gasteiger partial charge in [-0.15, -0.1) is 10.2 Å². The van der Waals surface area contributed by atoms with Crippen molar-refractivity contribution in [1.82, 2.24) is 20.2 Å². The molecule has 14 heteroatoms. The number of aromatic nitrogens is 3. The number of fused-ring (bicyclic) bond motifs is 2. The van der Waals surface area contributed by atoms with E-state index in [1.165, 1.54) is 5.56 Å². The summed E-state index contributed by atoms with van der Waals surface area (Å²) >= 11 is 0. The zero-order valence-corrected chi connectivity index (χ0v) is 33.3. The van der Waals surface area contributed by atoms with E-state index in [0.717, 1.165) is 34.8 Å². The number of aliphatic hydroxyl groups excluding tert-OH is 1. The van der Waals surface area contributed by atoms with Gasteiger partial charge in [-0.05, 0) is 87.4 Å². The van der Waals surface area contributed by atoms with Crippen molar-refractivity contribution in [3.05, 3.63) is 64.7 Å². The molecule has 2 aromatic carbocycles. The van der Waals surface area contributed by atoms with Gasteiger partial charge in [0.2, 0.25) is 5.82 Å². The Morgan fingerprint density at radius 1 is 1.11 bits per heavy atom. The summed E-state index contributed by atoms with van der Waals surface area (Å²) in [4.78, 5) is 23.3. The van der Waals surface area contributed by atoms with Crippen LogP contribution in [0.25, 0.3) is 0 Å². The van der Waals surface area contributed by atoms with Crippen molar-refractivity contribution in [2.75, 3.05) is 47.5 Å². The molecule has 1 aromatic heterocycles. The number of hydrogen-bond donors (Lipinski definition) is 3. The highest BCUT2D eigenvalue weighted by Crippen LogP contribution is 2.46. The number of rotatable bonds is 9. The van der Waals surface area contributed by atoms with Crippen LogP contribution < -0.4 is 15.1 Å². The molecule has 4 heterocycles. The zero-order chi connectivity index (χ0) is 38.7. The third-order valence-electron chi connectivity index (χ3n) is 10.9. The maximum Gasteiger partial charge on any atom is 0.257 e. The van der Waals surface area contributed by atoms with Crippen LogP contribution in [0.15, 0.2) is 46.5 Å². The van der Waals surface area contributed by atoms with E-state index in [0.29, 0.717) is 48.5 Å². The Kier molecular flexibility index (Phi) is 10.1. The predicted octanol–water partition coefficient (Wildman–Crippen LogP) is 4.77. The molecule has 286 valence electrons. The predicted molar refractivity (Wildman–Crippen MR) is 209 cm³/mol. The first-order valence-corrected chi connectivity index (χ1v) is 20.4. The maximum absolute atomic E-state index is 13.8. The summed E-state index contributed by atoms with van der Waals surface area (Å²) in [7, 11) is -3.01. The third kappa shape index (κ3) is 7.25. The molecule has 6 rings (SSSR count). The average molecular weight is 747 g/mol. The average Bonchev–Trinajstić information content (AvgIpc) is 3.67. The SMILES string of the molecule is CCC(O)(C(=O)NC(C)c1nnc2n1N=C(C(C)(C)C)C2=Nc1cc2c(cc1C)N(CCO)C(C)(C)CC2C)c1ccc(N2CCS(=O)(=O)CC2)cc1. The molecule has 53 heavy (non-hydrogen) atoms. The lowest BCUT2D eigenvalue weighted by atomic mass is 9.79. The molecule has 3 atom stereocenters. The fourth-order valence-electron chi connectivity index (χ4n) is 7.85. The Labute approximate surface area is 313 Å². The molecule has 0 saturated carbocycles. The van der Waals surface area contributed by atoms with Crippen molar-refractivity contribution in [3.63, 3.8) is 0 Å². The van der Waals surface area contributed by atoms with Gasteiger partial charge in [0.15, 0.2) is 21.3 Å². The number of carbonyl (C=O) groups is 1. The van der Waals surface area contributed by atoms with E-state index in [4.69, 9.17) is 10.1 Å². The van der Waals surface area contributed by atoms with E-state index in [1.54, 1.807) is 30.7 Å². The van der Waals surface area contributed by atoms with Crippen LogP contribution in [0.4, 0.5) is 17.1 Å². The maximum atomic E-state index is 13.8. The van der Waals surface area contributed by atoms with E-state index < -0.39 is 32.8 Å². The van der Waals surface area contributed by atoms with Crippen LogP contribution in [0.5, 0.6) is 0 Å². The van der Waals surface area contributed by atoms with E-state index in [1.807, 2.05) is 24.0 Å². The van der Waals surface area contributed by atoms with Gasteiger partial charge in [-0.3, -0.25) is 4.79 Å². The number of amides is 1. The molecule has 0 spiro atoms. The number of hydrogen-bond acceptors (Lipinski definition) is 11. The normalized spacial score (nSPS) is 21.8. The first-order chi connectivity index (χ1) is 24.8. The van der Waals surface area contributed by atoms with Crippen LogP contribution in [-0.2, 0) is 20.2 Å². The Balaban J connectivity index is 1.27. The molecule has 13 nitrogen and oxygen atoms in total. The highest BCUT2D eigenvalue weighted by atomic mass is 32.2. The third-order valence-corrected chi connectivity index (χ3v) is 12.6. The van der Waals surface area contributed by atoms with Crippen LogP contribution in [-0.4, -0.2) is 94.1 Å². The van der Waals surface area contributed by atoms with Crippen molar-refractivity contribution in [2.24, 2.45) is 15.5 Å². The molecule has 0 radical (unpaired) electrons. The fourth-order valence-corrected chi connectivity index (χ4v) is 9.05. The minimum absolute atomic E-state index is 0.0730. The lowest BCUT2D eigenvalue weighted by Gasteiger charge is -2.47. The molecule has 3 aliphatic heterocycles. The van der Waals surface area contributed by atoms with Crippen LogP contribution in [0.2, 0.25) is 0 Å². The first-order valence-electron chi connectivity index (χ1n) is 18.6. The smallest absolute Gasteiger partial charge is 0.257 e. The van der Waals surface area contributed by atoms with Crippen molar-refractivity contribution < 1.29 is 23.4 Å². The summed E-state index contributed by atoms with van der Waals surface area (Å²) in [6.45, 7) is 19.9. The number of nitrogens with zero attached hydrogens (tertiary/aromatic N) is 7. The monoisotopic (exact) mass is 746 g/mol. The molecule has 3 aliphatic rings. The Morgan fingerprint density at radius 3 is 2.38 bits per heavy atom. The number of benzene rings is 2. The number of β-amino-alcohol motifs (C(OH)–C–C–N with tert-alkyl or cyclic N) is 1. The first kappa shape index (κ1) is 38.6. The minimum atomic E-state index is -3.01. The van der Waals surface area contributed by atoms with Gasteiger partial charge in [-0.25, -0.2) is 13.4 Å². The molecule has 3 aromatic rings. The Morgan fingerprint density at radius 2 is 1.77 bits per heavy atom. The second kappa shape index (κ2) is 13.9. The van der Waals surface area contributed by atoms with Crippen molar-refractivity contribution in [1.29, 1.82) is 0 Å². The molecule has 0 bridgehead atoms. The van der Waals surface area contributed by atoms with E-state index >= 15 is 0 Å². The van der Waals surface area contributed by atoms with Gasteiger partial charge in [-0.1, -0.05) is 46.8 Å². The van der Waals surface area contributed by atoms with Gasteiger partial charge < -0.3 is 25.3 Å². The zero-order valence-electron chi connectivity index (χ0n) is 32.4. The summed E-state index contributed by atoms with van der Waals surface area (Å²) in [5.74, 6) is 0.810. The van der Waals surface area contributed by atoms with Gasteiger partial charge in [-0.2, -0.15) is 9.78 Å². The van der Waals surface area contributed by atoms with Crippen LogP contribution in [0, 0.1) is 12.3 Å². The topological polar surface area (TPSA) is 166 Å². The van der Waals surface area contributed by atoms with Crippen molar-refractivity contribution in [2.45, 2.75) is 98.3 Å². The largest absolute Gasteiger partial charge is 0.395 e. The molecular weight excluding hydrogens is 693 g/mol. The molecule has 0 aliphatic carbocycles. The summed E-state index contributed by atoms with van der Waals surface area (Å²) in [5.41, 5.74) is 4.45. The molecule has 3 unspecified atom stereocenters. The van der Waals surface area contributed by atoms with Gasteiger partial charge in [0.25, 0.3) is 5.91 Å². The summed E-state index contributed by atoms with van der Waals surface area (Å²) in [5, 5.41) is 38.5. The van der Waals surface area contributed by atoms with Crippen LogP contribution in [0.3, 0.4) is 0 Å². The molecule has 3 N–H and O–H groups in total. The van der Waals surface area contributed by atoms with E-state index in [2.05, 4.69) is 74.1 Å². The highest BCUT2D eigenvalue weighted by molar-refractivity contribution is 7.91. The van der Waals surface area contributed by atoms with Gasteiger partial charge >= 0.3 is 0 Å². The number of nitrogens with one attached hydrogen (secondary N) is 1. The van der Waals surface area contributed by atoms with Crippen LogP contribution in [0.1, 0.15) is 109 Å². The lowest BCUT2D eigenvalue weighted by Crippen LogP contribution is -2.49. The fraction of sp³-hybridized carbons (Fsp3) is 0.564. The number of aryl methyl sites for hydroxylation is 1. The van der Waals surface area contributed by atoms with E-state index in [-0.39, 0.29) is 30.1 Å². The summed E-state index contributed by atoms with van der Waals surface area (Å²) in [6, 6.07) is 10.7. The van der Waals surface area contributed by atoms with Crippen molar-refractivity contribution in [3.8, 4) is 0 Å². The van der Waals surface area contributed by atoms with Gasteiger partial charge in [0, 0.05) is 42.0 Å². The lowest BCUT2D eigenvalue weighted by molar-refractivity contribution is -0.142. The molecule has 1 saturated heterocycles. The van der Waals surface area contributed by atoms with Crippen LogP contribution >= 0.6 is 0 Å². The second-order valence-electron chi connectivity index (χ2n) is 16.4.